The number of nitrogens with two attached hydrogens (primary N) is 1. The average Bonchev–Trinajstić information content (AvgIpc) is 2.20. The zero-order valence-electron chi connectivity index (χ0n) is 9.42. The summed E-state index contributed by atoms with van der Waals surface area (Å²) in [6.07, 6.45) is 0. The van der Waals surface area contributed by atoms with E-state index in [0.29, 0.717) is 25.4 Å². The Morgan fingerprint density at radius 3 is 2.94 bits per heavy atom. The molecule has 3 N–H and O–H groups in total. The van der Waals surface area contributed by atoms with Crippen LogP contribution in [0.25, 0.3) is 0 Å². The van der Waals surface area contributed by atoms with Gasteiger partial charge in [-0.1, -0.05) is 12.2 Å². The molecule has 0 amide bonds. The molecule has 0 saturated heterocycles. The van der Waals surface area contributed by atoms with E-state index in [1.807, 2.05) is 6.92 Å². The van der Waals surface area contributed by atoms with Crippen LogP contribution >= 0.6 is 0 Å². The first-order chi connectivity index (χ1) is 7.59. The van der Waals surface area contributed by atoms with Crippen molar-refractivity contribution in [2.45, 2.75) is 6.92 Å². The van der Waals surface area contributed by atoms with Crippen molar-refractivity contribution < 1.29 is 9.13 Å². The molecule has 4 heteroatoms. The third-order valence-corrected chi connectivity index (χ3v) is 1.92. The van der Waals surface area contributed by atoms with Gasteiger partial charge in [-0.15, -0.1) is 0 Å². The smallest absolute Gasteiger partial charge is 0.125 e. The van der Waals surface area contributed by atoms with Crippen molar-refractivity contribution in [2.75, 3.05) is 30.8 Å². The Morgan fingerprint density at radius 1 is 1.56 bits per heavy atom. The highest BCUT2D eigenvalue weighted by molar-refractivity contribution is 5.65. The van der Waals surface area contributed by atoms with E-state index in [9.17, 15) is 4.39 Å². The molecule has 0 aliphatic heterocycles. The first-order valence-corrected chi connectivity index (χ1v) is 5.10. The summed E-state index contributed by atoms with van der Waals surface area (Å²) < 4.78 is 18.0. The Hall–Kier alpha value is -1.55. The van der Waals surface area contributed by atoms with Gasteiger partial charge >= 0.3 is 0 Å². The molecule has 0 bridgehead atoms. The highest BCUT2D eigenvalue weighted by atomic mass is 19.1. The van der Waals surface area contributed by atoms with E-state index in [2.05, 4.69) is 11.9 Å². The fraction of sp³-hybridized carbons (Fsp3) is 0.333. The summed E-state index contributed by atoms with van der Waals surface area (Å²) in [5.41, 5.74) is 7.74. The summed E-state index contributed by atoms with van der Waals surface area (Å²) in [7, 11) is 0. The molecule has 0 aromatic heterocycles. The zero-order valence-corrected chi connectivity index (χ0v) is 9.42. The van der Waals surface area contributed by atoms with Gasteiger partial charge < -0.3 is 15.8 Å². The van der Waals surface area contributed by atoms with Crippen molar-refractivity contribution in [3.05, 3.63) is 36.2 Å². The van der Waals surface area contributed by atoms with Crippen LogP contribution in [0.1, 0.15) is 6.92 Å². The molecular weight excluding hydrogens is 207 g/mol. The second kappa shape index (κ2) is 6.12. The fourth-order valence-corrected chi connectivity index (χ4v) is 1.20. The van der Waals surface area contributed by atoms with Gasteiger partial charge in [-0.25, -0.2) is 4.39 Å². The lowest BCUT2D eigenvalue weighted by atomic mass is 10.2. The van der Waals surface area contributed by atoms with Crippen molar-refractivity contribution in [1.29, 1.82) is 0 Å². The van der Waals surface area contributed by atoms with E-state index in [0.717, 1.165) is 11.3 Å². The highest BCUT2D eigenvalue weighted by Gasteiger charge is 1.99. The van der Waals surface area contributed by atoms with E-state index in [1.54, 1.807) is 6.07 Å². The van der Waals surface area contributed by atoms with Crippen LogP contribution in [0.5, 0.6) is 0 Å². The fourth-order valence-electron chi connectivity index (χ4n) is 1.20. The molecule has 0 aliphatic carbocycles. The monoisotopic (exact) mass is 224 g/mol. The van der Waals surface area contributed by atoms with Crippen LogP contribution in [0.2, 0.25) is 0 Å². The van der Waals surface area contributed by atoms with Crippen LogP contribution in [0.15, 0.2) is 30.4 Å². The summed E-state index contributed by atoms with van der Waals surface area (Å²) in [5, 5.41) is 3.07. The molecule has 0 atom stereocenters. The number of ether oxygens (including phenoxy) is 1. The number of rotatable bonds is 6. The minimum Gasteiger partial charge on any atom is -0.397 e. The predicted octanol–water partition coefficient (Wildman–Crippen LogP) is 2.41. The molecule has 0 saturated carbocycles. The van der Waals surface area contributed by atoms with Crippen molar-refractivity contribution in [3.63, 3.8) is 0 Å². The van der Waals surface area contributed by atoms with Gasteiger partial charge in [-0.3, -0.25) is 0 Å². The second-order valence-electron chi connectivity index (χ2n) is 3.67. The number of benzene rings is 1. The first kappa shape index (κ1) is 12.5. The van der Waals surface area contributed by atoms with Crippen LogP contribution in [-0.2, 0) is 4.74 Å². The third-order valence-electron chi connectivity index (χ3n) is 1.92. The quantitative estimate of drug-likeness (QED) is 0.443. The molecule has 0 spiro atoms. The lowest BCUT2D eigenvalue weighted by molar-refractivity contribution is 0.167. The third kappa shape index (κ3) is 4.31. The average molecular weight is 224 g/mol. The van der Waals surface area contributed by atoms with E-state index in [-0.39, 0.29) is 5.82 Å². The second-order valence-corrected chi connectivity index (χ2v) is 3.67. The summed E-state index contributed by atoms with van der Waals surface area (Å²) >= 11 is 0. The van der Waals surface area contributed by atoms with Gasteiger partial charge in [-0.05, 0) is 25.1 Å². The number of nitrogens with one attached hydrogen (secondary N) is 1. The van der Waals surface area contributed by atoms with Crippen LogP contribution in [0.4, 0.5) is 15.8 Å². The number of anilines is 2. The summed E-state index contributed by atoms with van der Waals surface area (Å²) in [6, 6.07) is 4.27. The highest BCUT2D eigenvalue weighted by Crippen LogP contribution is 2.18. The lowest BCUT2D eigenvalue weighted by Gasteiger charge is -2.09. The van der Waals surface area contributed by atoms with Crippen molar-refractivity contribution in [1.82, 2.24) is 0 Å². The summed E-state index contributed by atoms with van der Waals surface area (Å²) in [6.45, 7) is 7.38. The SMILES string of the molecule is C=C(C)COCCNc1ccc(F)cc1N. The molecule has 0 heterocycles. The van der Waals surface area contributed by atoms with Gasteiger partial charge in [0.25, 0.3) is 0 Å². The molecule has 0 fully saturated rings. The van der Waals surface area contributed by atoms with Gasteiger partial charge in [0.15, 0.2) is 0 Å². The lowest BCUT2D eigenvalue weighted by Crippen LogP contribution is -2.11. The van der Waals surface area contributed by atoms with E-state index in [4.69, 9.17) is 10.5 Å². The molecule has 3 nitrogen and oxygen atoms in total. The molecule has 0 radical (unpaired) electrons. The maximum absolute atomic E-state index is 12.7. The minimum absolute atomic E-state index is 0.332. The summed E-state index contributed by atoms with van der Waals surface area (Å²) in [4.78, 5) is 0. The Morgan fingerprint density at radius 2 is 2.31 bits per heavy atom. The largest absolute Gasteiger partial charge is 0.397 e. The van der Waals surface area contributed by atoms with Gasteiger partial charge in [0.05, 0.1) is 24.6 Å². The van der Waals surface area contributed by atoms with E-state index >= 15 is 0 Å². The maximum atomic E-state index is 12.7. The van der Waals surface area contributed by atoms with Crippen LogP contribution < -0.4 is 11.1 Å². The number of nitrogen functional groups attached to an aromatic ring is 1. The van der Waals surface area contributed by atoms with Gasteiger partial charge in [0.2, 0.25) is 0 Å². The molecule has 16 heavy (non-hydrogen) atoms. The molecule has 0 aliphatic rings. The molecule has 88 valence electrons. The number of halogens is 1. The predicted molar refractivity (Wildman–Crippen MR) is 64.9 cm³/mol. The molecule has 1 rings (SSSR count). The van der Waals surface area contributed by atoms with Gasteiger partial charge in [0, 0.05) is 6.54 Å². The maximum Gasteiger partial charge on any atom is 0.125 e. The Bertz CT molecular complexity index is 366. The topological polar surface area (TPSA) is 47.3 Å². The molecule has 1 aromatic rings. The van der Waals surface area contributed by atoms with Gasteiger partial charge in [-0.2, -0.15) is 0 Å². The standard InChI is InChI=1S/C12H17FN2O/c1-9(2)8-16-6-5-15-12-4-3-10(13)7-11(12)14/h3-4,7,15H,1,5-6,8,14H2,2H3. The van der Waals surface area contributed by atoms with Crippen molar-refractivity contribution in [3.8, 4) is 0 Å². The Labute approximate surface area is 95.1 Å². The van der Waals surface area contributed by atoms with Gasteiger partial charge in [0.1, 0.15) is 5.82 Å². The Kier molecular flexibility index (Phi) is 4.79. The molecule has 0 unspecified atom stereocenters. The number of hydrogen-bond acceptors (Lipinski definition) is 3. The minimum atomic E-state index is -0.332. The molecule has 1 aromatic carbocycles. The first-order valence-electron chi connectivity index (χ1n) is 5.10. The van der Waals surface area contributed by atoms with Crippen molar-refractivity contribution >= 4 is 11.4 Å². The molecular formula is C12H17FN2O. The van der Waals surface area contributed by atoms with E-state index < -0.39 is 0 Å². The zero-order chi connectivity index (χ0) is 12.0. The van der Waals surface area contributed by atoms with Crippen molar-refractivity contribution in [2.24, 2.45) is 0 Å². The summed E-state index contributed by atoms with van der Waals surface area (Å²) in [5.74, 6) is -0.332. The van der Waals surface area contributed by atoms with Crippen LogP contribution in [0.3, 0.4) is 0 Å². The normalized spacial score (nSPS) is 10.1. The number of hydrogen-bond donors (Lipinski definition) is 2. The van der Waals surface area contributed by atoms with Crippen LogP contribution in [-0.4, -0.2) is 19.8 Å². The Balaban J connectivity index is 2.29. The van der Waals surface area contributed by atoms with E-state index in [1.165, 1.54) is 12.1 Å². The van der Waals surface area contributed by atoms with Crippen LogP contribution in [0, 0.1) is 5.82 Å².